The Balaban J connectivity index is 1.67. The number of nitrogens with one attached hydrogen (secondary N) is 3. The van der Waals surface area contributed by atoms with Gasteiger partial charge >= 0.3 is 5.97 Å². The molecule has 234 valence electrons. The number of rotatable bonds is 17. The van der Waals surface area contributed by atoms with Crippen LogP contribution in [0.5, 0.6) is 11.5 Å². The van der Waals surface area contributed by atoms with Gasteiger partial charge in [0.25, 0.3) is 0 Å². The maximum atomic E-state index is 13.4. The number of amides is 3. The molecule has 0 aromatic heterocycles. The van der Waals surface area contributed by atoms with Gasteiger partial charge in [0, 0.05) is 25.6 Å². The molecule has 0 aliphatic heterocycles. The molecule has 0 heterocycles. The van der Waals surface area contributed by atoms with Crippen molar-refractivity contribution in [3.8, 4) is 11.5 Å². The Bertz CT molecular complexity index is 1310. The van der Waals surface area contributed by atoms with E-state index in [4.69, 9.17) is 18.9 Å². The van der Waals surface area contributed by atoms with E-state index in [-0.39, 0.29) is 26.2 Å². The lowest BCUT2D eigenvalue weighted by atomic mass is 10.1. The first-order valence-corrected chi connectivity index (χ1v) is 14.1. The third-order valence-corrected chi connectivity index (χ3v) is 6.65. The van der Waals surface area contributed by atoms with Gasteiger partial charge in [-0.15, -0.1) is 0 Å². The Morgan fingerprint density at radius 1 is 0.727 bits per heavy atom. The van der Waals surface area contributed by atoms with E-state index in [1.807, 2.05) is 48.5 Å². The summed E-state index contributed by atoms with van der Waals surface area (Å²) in [5.41, 5.74) is 2.39. The molecule has 0 saturated heterocycles. The number of hydrogen-bond acceptors (Lipinski definition) is 8. The fraction of sp³-hybridized carbons (Fsp3) is 0.333. The molecule has 3 aromatic carbocycles. The van der Waals surface area contributed by atoms with Crippen molar-refractivity contribution in [1.29, 1.82) is 0 Å². The molecule has 3 N–H and O–H groups in total. The first-order valence-electron chi connectivity index (χ1n) is 14.1. The van der Waals surface area contributed by atoms with Crippen LogP contribution in [0.4, 0.5) is 0 Å². The highest BCUT2D eigenvalue weighted by molar-refractivity contribution is 5.94. The van der Waals surface area contributed by atoms with Crippen molar-refractivity contribution >= 4 is 23.7 Å². The molecule has 2 atom stereocenters. The average Bonchev–Trinajstić information content (AvgIpc) is 3.05. The van der Waals surface area contributed by atoms with Crippen LogP contribution in [-0.4, -0.2) is 63.7 Å². The molecule has 0 fully saturated rings. The molecule has 44 heavy (non-hydrogen) atoms. The predicted molar refractivity (Wildman–Crippen MR) is 163 cm³/mol. The van der Waals surface area contributed by atoms with Gasteiger partial charge < -0.3 is 34.9 Å². The van der Waals surface area contributed by atoms with Crippen LogP contribution in [0.15, 0.2) is 78.9 Å². The third kappa shape index (κ3) is 10.7. The van der Waals surface area contributed by atoms with Crippen molar-refractivity contribution < 1.29 is 38.1 Å². The smallest absolute Gasteiger partial charge is 0.308 e. The Morgan fingerprint density at radius 3 is 2.05 bits per heavy atom. The minimum absolute atomic E-state index is 0.0123. The highest BCUT2D eigenvalue weighted by Crippen LogP contribution is 2.30. The van der Waals surface area contributed by atoms with Gasteiger partial charge in [-0.3, -0.25) is 19.2 Å². The summed E-state index contributed by atoms with van der Waals surface area (Å²) >= 11 is 0. The van der Waals surface area contributed by atoms with Crippen LogP contribution in [0.2, 0.25) is 0 Å². The van der Waals surface area contributed by atoms with Crippen molar-refractivity contribution in [1.82, 2.24) is 16.0 Å². The van der Waals surface area contributed by atoms with Gasteiger partial charge in [0.1, 0.15) is 18.7 Å². The Morgan fingerprint density at radius 2 is 1.41 bits per heavy atom. The number of carbonyl (C=O) groups is 4. The summed E-state index contributed by atoms with van der Waals surface area (Å²) in [7, 11) is 4.40. The molecule has 0 saturated carbocycles. The second-order valence-corrected chi connectivity index (χ2v) is 9.84. The molecule has 11 heteroatoms. The minimum Gasteiger partial charge on any atom is -0.493 e. The standard InChI is InChI=1S/C33H39N3O8/c1-41-22-27(32(39)34-20-25-15-10-16-28(42-2)31(25)43-3)36-33(40)26(19-30(38)44-21-24-13-8-5-9-14-24)35-29(37)18-17-23-11-6-4-7-12-23/h4-16,26-27H,17-22H2,1-3H3,(H,34,39)(H,35,37)(H,36,40). The fourth-order valence-electron chi connectivity index (χ4n) is 4.36. The van der Waals surface area contributed by atoms with Crippen molar-refractivity contribution in [2.75, 3.05) is 27.9 Å². The van der Waals surface area contributed by atoms with Crippen LogP contribution in [0, 0.1) is 0 Å². The molecule has 3 rings (SSSR count). The molecule has 0 radical (unpaired) electrons. The number of benzene rings is 3. The quantitative estimate of drug-likeness (QED) is 0.200. The molecule has 0 aliphatic rings. The number of carbonyl (C=O) groups excluding carboxylic acids is 4. The zero-order valence-electron chi connectivity index (χ0n) is 25.2. The summed E-state index contributed by atoms with van der Waals surface area (Å²) in [6, 6.07) is 21.4. The minimum atomic E-state index is -1.29. The molecule has 0 aliphatic carbocycles. The molecule has 2 unspecified atom stereocenters. The van der Waals surface area contributed by atoms with Gasteiger partial charge in [0.15, 0.2) is 11.5 Å². The van der Waals surface area contributed by atoms with Crippen LogP contribution in [-0.2, 0) is 48.2 Å². The van der Waals surface area contributed by atoms with Crippen LogP contribution in [0.25, 0.3) is 0 Å². The number of ether oxygens (including phenoxy) is 4. The number of para-hydroxylation sites is 1. The molecular formula is C33H39N3O8. The lowest BCUT2D eigenvalue weighted by Gasteiger charge is -2.23. The number of aryl methyl sites for hydroxylation is 1. The molecule has 0 bridgehead atoms. The molecular weight excluding hydrogens is 566 g/mol. The van der Waals surface area contributed by atoms with E-state index in [2.05, 4.69) is 16.0 Å². The van der Waals surface area contributed by atoms with E-state index < -0.39 is 42.2 Å². The normalized spacial score (nSPS) is 11.9. The lowest BCUT2D eigenvalue weighted by molar-refractivity contribution is -0.147. The van der Waals surface area contributed by atoms with Gasteiger partial charge in [-0.1, -0.05) is 72.8 Å². The summed E-state index contributed by atoms with van der Waals surface area (Å²) in [6.45, 7) is -0.0564. The number of hydrogen-bond donors (Lipinski definition) is 3. The van der Waals surface area contributed by atoms with Gasteiger partial charge in [-0.05, 0) is 23.6 Å². The SMILES string of the molecule is COCC(NC(=O)C(CC(=O)OCc1ccccc1)NC(=O)CCc1ccccc1)C(=O)NCc1cccc(OC)c1OC. The van der Waals surface area contributed by atoms with Gasteiger partial charge in [-0.25, -0.2) is 0 Å². The monoisotopic (exact) mass is 605 g/mol. The van der Waals surface area contributed by atoms with E-state index >= 15 is 0 Å². The Hall–Kier alpha value is -4.90. The van der Waals surface area contributed by atoms with Crippen molar-refractivity contribution in [2.45, 2.75) is 44.5 Å². The molecule has 11 nitrogen and oxygen atoms in total. The molecule has 0 spiro atoms. The van der Waals surface area contributed by atoms with E-state index in [0.29, 0.717) is 23.5 Å². The summed E-state index contributed by atoms with van der Waals surface area (Å²) in [4.78, 5) is 52.1. The van der Waals surface area contributed by atoms with Crippen molar-refractivity contribution in [3.05, 3.63) is 95.6 Å². The second kappa shape index (κ2) is 17.9. The van der Waals surface area contributed by atoms with Gasteiger partial charge in [0.2, 0.25) is 17.7 Å². The van der Waals surface area contributed by atoms with Gasteiger partial charge in [0.05, 0.1) is 27.2 Å². The Kier molecular flexibility index (Phi) is 13.7. The number of esters is 1. The van der Waals surface area contributed by atoms with Gasteiger partial charge in [-0.2, -0.15) is 0 Å². The fourth-order valence-corrected chi connectivity index (χ4v) is 4.36. The molecule has 3 aromatic rings. The average molecular weight is 606 g/mol. The highest BCUT2D eigenvalue weighted by Gasteiger charge is 2.29. The summed E-state index contributed by atoms with van der Waals surface area (Å²) in [6.07, 6.45) is 0.108. The predicted octanol–water partition coefficient (Wildman–Crippen LogP) is 2.70. The summed E-state index contributed by atoms with van der Waals surface area (Å²) in [5, 5.41) is 8.01. The van der Waals surface area contributed by atoms with E-state index in [1.54, 1.807) is 30.3 Å². The first kappa shape index (κ1) is 33.6. The lowest BCUT2D eigenvalue weighted by Crippen LogP contribution is -2.55. The molecule has 3 amide bonds. The summed E-state index contributed by atoms with van der Waals surface area (Å²) < 4.78 is 21.3. The summed E-state index contributed by atoms with van der Waals surface area (Å²) in [5.74, 6) is -1.41. The Labute approximate surface area is 257 Å². The van der Waals surface area contributed by atoms with E-state index in [0.717, 1.165) is 11.1 Å². The van der Waals surface area contributed by atoms with Crippen LogP contribution in [0.1, 0.15) is 29.5 Å². The largest absolute Gasteiger partial charge is 0.493 e. The van der Waals surface area contributed by atoms with E-state index in [9.17, 15) is 19.2 Å². The second-order valence-electron chi connectivity index (χ2n) is 9.84. The zero-order chi connectivity index (χ0) is 31.7. The maximum absolute atomic E-state index is 13.4. The van der Waals surface area contributed by atoms with Crippen molar-refractivity contribution in [2.24, 2.45) is 0 Å². The maximum Gasteiger partial charge on any atom is 0.308 e. The third-order valence-electron chi connectivity index (χ3n) is 6.65. The number of methoxy groups -OCH3 is 3. The van der Waals surface area contributed by atoms with Crippen LogP contribution in [0.3, 0.4) is 0 Å². The van der Waals surface area contributed by atoms with E-state index in [1.165, 1.54) is 21.3 Å². The van der Waals surface area contributed by atoms with Crippen LogP contribution < -0.4 is 25.4 Å². The van der Waals surface area contributed by atoms with Crippen LogP contribution >= 0.6 is 0 Å². The van der Waals surface area contributed by atoms with Crippen molar-refractivity contribution in [3.63, 3.8) is 0 Å². The zero-order valence-corrected chi connectivity index (χ0v) is 25.2. The topological polar surface area (TPSA) is 141 Å². The highest BCUT2D eigenvalue weighted by atomic mass is 16.5. The first-order chi connectivity index (χ1) is 21.3.